The second kappa shape index (κ2) is 4.11. The number of ether oxygens (including phenoxy) is 1. The van der Waals surface area contributed by atoms with Gasteiger partial charge in [-0.05, 0) is 12.8 Å². The summed E-state index contributed by atoms with van der Waals surface area (Å²) in [6, 6.07) is 6.93. The Morgan fingerprint density at radius 2 is 1.90 bits per heavy atom. The van der Waals surface area contributed by atoms with Gasteiger partial charge in [0.05, 0.1) is 0 Å². The molecule has 1 unspecified atom stereocenters. The average Bonchev–Trinajstić information content (AvgIpc) is 3.13. The number of hydrogen-bond acceptors (Lipinski definition) is 5. The third-order valence-electron chi connectivity index (χ3n) is 3.69. The molecule has 1 atom stereocenters. The number of oxazole rings is 1. The van der Waals surface area contributed by atoms with Crippen molar-refractivity contribution in [3.05, 3.63) is 41.4 Å². The Kier molecular flexibility index (Phi) is 2.37. The topological polar surface area (TPSA) is 69.4 Å². The van der Waals surface area contributed by atoms with Gasteiger partial charge < -0.3 is 9.15 Å². The van der Waals surface area contributed by atoms with E-state index in [-0.39, 0.29) is 11.8 Å². The molecular formula is C15H11NO4. The number of hydrogen-bond donors (Lipinski definition) is 0. The molecule has 5 heteroatoms. The lowest BCUT2D eigenvalue weighted by atomic mass is 9.91. The first kappa shape index (κ1) is 11.5. The van der Waals surface area contributed by atoms with Crippen molar-refractivity contribution in [3.63, 3.8) is 0 Å². The molecule has 2 heterocycles. The van der Waals surface area contributed by atoms with Crippen LogP contribution in [0.5, 0.6) is 0 Å². The molecule has 20 heavy (non-hydrogen) atoms. The monoisotopic (exact) mass is 269 g/mol. The van der Waals surface area contributed by atoms with Gasteiger partial charge in [0, 0.05) is 17.7 Å². The van der Waals surface area contributed by atoms with Crippen molar-refractivity contribution in [2.24, 2.45) is 0 Å². The minimum atomic E-state index is -0.605. The van der Waals surface area contributed by atoms with Crippen LogP contribution < -0.4 is 0 Å². The lowest BCUT2D eigenvalue weighted by molar-refractivity contribution is 0.0811. The number of aromatic nitrogens is 1. The maximum atomic E-state index is 12.1. The smallest absolute Gasteiger partial charge is 0.255 e. The molecule has 0 amide bonds. The molecule has 4 rings (SSSR count). The summed E-state index contributed by atoms with van der Waals surface area (Å²) in [6.07, 6.45) is 1.56. The summed E-state index contributed by atoms with van der Waals surface area (Å²) in [5.74, 6) is -0.354. The van der Waals surface area contributed by atoms with Gasteiger partial charge in [0.15, 0.2) is 11.5 Å². The number of fused-ring (bicyclic) bond motifs is 3. The number of ketones is 2. The molecule has 0 bridgehead atoms. The molecule has 0 N–H and O–H groups in total. The van der Waals surface area contributed by atoms with Crippen molar-refractivity contribution in [3.8, 4) is 11.3 Å². The zero-order chi connectivity index (χ0) is 13.7. The fourth-order valence-corrected chi connectivity index (χ4v) is 2.69. The molecule has 2 aromatic rings. The quantitative estimate of drug-likeness (QED) is 0.744. The molecule has 1 fully saturated rings. The van der Waals surface area contributed by atoms with Crippen LogP contribution in [0.2, 0.25) is 0 Å². The zero-order valence-corrected chi connectivity index (χ0v) is 10.6. The van der Waals surface area contributed by atoms with E-state index >= 15 is 0 Å². The van der Waals surface area contributed by atoms with Crippen LogP contribution in [0.25, 0.3) is 11.3 Å². The van der Waals surface area contributed by atoms with E-state index in [1.54, 1.807) is 24.3 Å². The maximum Gasteiger partial charge on any atom is 0.255 e. The second-order valence-electron chi connectivity index (χ2n) is 4.94. The van der Waals surface area contributed by atoms with Crippen LogP contribution in [0.15, 0.2) is 28.7 Å². The molecule has 1 aliphatic heterocycles. The van der Waals surface area contributed by atoms with Gasteiger partial charge >= 0.3 is 0 Å². The summed E-state index contributed by atoms with van der Waals surface area (Å²) >= 11 is 0. The van der Waals surface area contributed by atoms with E-state index in [0.717, 1.165) is 12.8 Å². The molecule has 1 aliphatic carbocycles. The highest BCUT2D eigenvalue weighted by Crippen LogP contribution is 2.37. The largest absolute Gasteiger partial charge is 0.437 e. The van der Waals surface area contributed by atoms with Crippen molar-refractivity contribution in [2.75, 3.05) is 6.61 Å². The lowest BCUT2D eigenvalue weighted by Crippen LogP contribution is -2.20. The van der Waals surface area contributed by atoms with Crippen LogP contribution in [0, 0.1) is 0 Å². The van der Waals surface area contributed by atoms with Gasteiger partial charge in [0.1, 0.15) is 6.10 Å². The Morgan fingerprint density at radius 3 is 2.65 bits per heavy atom. The van der Waals surface area contributed by atoms with Gasteiger partial charge in [-0.25, -0.2) is 4.98 Å². The lowest BCUT2D eigenvalue weighted by Gasteiger charge is -2.10. The third-order valence-corrected chi connectivity index (χ3v) is 3.69. The SMILES string of the molecule is O=C1C(=O)c2nc(C3CCCO3)oc2-c2ccccc21. The number of carbonyl (C=O) groups is 2. The first-order valence-corrected chi connectivity index (χ1v) is 6.56. The number of carbonyl (C=O) groups excluding carboxylic acids is 2. The molecule has 1 aromatic heterocycles. The van der Waals surface area contributed by atoms with E-state index in [1.807, 2.05) is 0 Å². The standard InChI is InChI=1S/C15H11NO4/c17-12-8-4-1-2-5-9(8)14-11(13(12)18)16-15(20-14)10-6-3-7-19-10/h1-2,4-5,10H,3,6-7H2. The predicted molar refractivity (Wildman–Crippen MR) is 68.5 cm³/mol. The summed E-state index contributed by atoms with van der Waals surface area (Å²) in [5, 5.41) is 0. The molecule has 5 nitrogen and oxygen atoms in total. The zero-order valence-electron chi connectivity index (χ0n) is 10.6. The van der Waals surface area contributed by atoms with Crippen molar-refractivity contribution in [2.45, 2.75) is 18.9 Å². The fourth-order valence-electron chi connectivity index (χ4n) is 2.69. The highest BCUT2D eigenvalue weighted by atomic mass is 16.5. The van der Waals surface area contributed by atoms with E-state index in [4.69, 9.17) is 9.15 Å². The number of benzene rings is 1. The second-order valence-corrected chi connectivity index (χ2v) is 4.94. The van der Waals surface area contributed by atoms with Crippen LogP contribution in [0.1, 0.15) is 45.7 Å². The number of rotatable bonds is 1. The Morgan fingerprint density at radius 1 is 1.10 bits per heavy atom. The van der Waals surface area contributed by atoms with E-state index in [0.29, 0.717) is 29.4 Å². The van der Waals surface area contributed by atoms with E-state index in [1.165, 1.54) is 0 Å². The molecule has 0 radical (unpaired) electrons. The summed E-state index contributed by atoms with van der Waals surface area (Å²) in [7, 11) is 0. The van der Waals surface area contributed by atoms with Crippen LogP contribution >= 0.6 is 0 Å². The third kappa shape index (κ3) is 1.50. The Hall–Kier alpha value is -2.27. The highest BCUT2D eigenvalue weighted by molar-refractivity contribution is 6.52. The first-order chi connectivity index (χ1) is 9.75. The van der Waals surface area contributed by atoms with Crippen molar-refractivity contribution in [1.82, 2.24) is 4.98 Å². The van der Waals surface area contributed by atoms with Gasteiger partial charge in [-0.15, -0.1) is 0 Å². The van der Waals surface area contributed by atoms with Crippen LogP contribution in [-0.2, 0) is 4.74 Å². The fraction of sp³-hybridized carbons (Fsp3) is 0.267. The normalized spacial score (nSPS) is 20.9. The summed E-state index contributed by atoms with van der Waals surface area (Å²) in [4.78, 5) is 28.3. The van der Waals surface area contributed by atoms with E-state index < -0.39 is 11.6 Å². The Balaban J connectivity index is 1.90. The molecule has 2 aliphatic rings. The Labute approximate surface area is 114 Å². The summed E-state index contributed by atoms with van der Waals surface area (Å²) in [5.41, 5.74) is 1.11. The summed E-state index contributed by atoms with van der Waals surface area (Å²) < 4.78 is 11.2. The molecule has 0 spiro atoms. The summed E-state index contributed by atoms with van der Waals surface area (Å²) in [6.45, 7) is 0.668. The minimum Gasteiger partial charge on any atom is -0.437 e. The van der Waals surface area contributed by atoms with Gasteiger partial charge in [-0.3, -0.25) is 9.59 Å². The van der Waals surface area contributed by atoms with Crippen LogP contribution in [0.4, 0.5) is 0 Å². The van der Waals surface area contributed by atoms with Crippen molar-refractivity contribution >= 4 is 11.6 Å². The van der Waals surface area contributed by atoms with Crippen LogP contribution in [0.3, 0.4) is 0 Å². The molecule has 100 valence electrons. The average molecular weight is 269 g/mol. The molecule has 1 aromatic carbocycles. The van der Waals surface area contributed by atoms with Crippen LogP contribution in [-0.4, -0.2) is 23.2 Å². The van der Waals surface area contributed by atoms with Gasteiger partial charge in [0.25, 0.3) is 5.78 Å². The number of Topliss-reactive ketones (excluding diaryl/α,β-unsaturated/α-hetero) is 2. The van der Waals surface area contributed by atoms with Gasteiger partial charge in [-0.1, -0.05) is 24.3 Å². The van der Waals surface area contributed by atoms with Crippen molar-refractivity contribution < 1.29 is 18.7 Å². The highest BCUT2D eigenvalue weighted by Gasteiger charge is 2.36. The minimum absolute atomic E-state index is 0.110. The van der Waals surface area contributed by atoms with E-state index in [9.17, 15) is 9.59 Å². The van der Waals surface area contributed by atoms with Gasteiger partial charge in [-0.2, -0.15) is 0 Å². The van der Waals surface area contributed by atoms with Crippen molar-refractivity contribution in [1.29, 1.82) is 0 Å². The van der Waals surface area contributed by atoms with E-state index in [2.05, 4.69) is 4.98 Å². The Bertz CT molecular complexity index is 725. The van der Waals surface area contributed by atoms with Gasteiger partial charge in [0.2, 0.25) is 11.7 Å². The molecule has 1 saturated heterocycles. The maximum absolute atomic E-state index is 12.1. The number of nitrogens with zero attached hydrogens (tertiary/aromatic N) is 1. The predicted octanol–water partition coefficient (Wildman–Crippen LogP) is 2.57. The first-order valence-electron chi connectivity index (χ1n) is 6.56. The molecule has 0 saturated carbocycles. The molecular weight excluding hydrogens is 258 g/mol.